The van der Waals surface area contributed by atoms with Crippen LogP contribution < -0.4 is 19.7 Å². The summed E-state index contributed by atoms with van der Waals surface area (Å²) < 4.78 is 16.4. The number of anilines is 1. The molecule has 1 fully saturated rings. The van der Waals surface area contributed by atoms with Crippen LogP contribution in [0.2, 0.25) is 0 Å². The molecular formula is C25H33N3O4. The summed E-state index contributed by atoms with van der Waals surface area (Å²) in [5.41, 5.74) is 4.34. The second-order valence-corrected chi connectivity index (χ2v) is 8.32. The summed E-state index contributed by atoms with van der Waals surface area (Å²) in [6.07, 6.45) is 2.26. The summed E-state index contributed by atoms with van der Waals surface area (Å²) in [4.78, 5) is 17.9. The highest BCUT2D eigenvalue weighted by atomic mass is 16.5. The van der Waals surface area contributed by atoms with E-state index in [1.165, 1.54) is 23.2 Å². The molecule has 2 aromatic carbocycles. The highest BCUT2D eigenvalue weighted by Crippen LogP contribution is 2.32. The van der Waals surface area contributed by atoms with Gasteiger partial charge in [-0.15, -0.1) is 0 Å². The Morgan fingerprint density at radius 3 is 2.50 bits per heavy atom. The zero-order chi connectivity index (χ0) is 22.5. The highest BCUT2D eigenvalue weighted by molar-refractivity contribution is 5.99. The SMILES string of the molecule is COc1cccc(OC)c1C(=O)NC[C@@H](c1ccc2c(c1)CCCN2C)N1CCOCC1. The average molecular weight is 440 g/mol. The minimum atomic E-state index is -0.199. The Hall–Kier alpha value is -2.77. The molecule has 0 spiro atoms. The van der Waals surface area contributed by atoms with Crippen LogP contribution >= 0.6 is 0 Å². The molecule has 0 bridgehead atoms. The first-order valence-electron chi connectivity index (χ1n) is 11.3. The largest absolute Gasteiger partial charge is 0.496 e. The summed E-state index contributed by atoms with van der Waals surface area (Å²) in [6.45, 7) is 4.69. The van der Waals surface area contributed by atoms with E-state index in [1.54, 1.807) is 26.4 Å². The van der Waals surface area contributed by atoms with Gasteiger partial charge < -0.3 is 24.4 Å². The number of rotatable bonds is 7. The van der Waals surface area contributed by atoms with Crippen molar-refractivity contribution in [3.63, 3.8) is 0 Å². The van der Waals surface area contributed by atoms with Gasteiger partial charge in [0.15, 0.2) is 0 Å². The van der Waals surface area contributed by atoms with E-state index in [4.69, 9.17) is 14.2 Å². The maximum Gasteiger partial charge on any atom is 0.258 e. The van der Waals surface area contributed by atoms with E-state index in [2.05, 4.69) is 40.4 Å². The zero-order valence-corrected chi connectivity index (χ0v) is 19.2. The molecule has 172 valence electrons. The molecule has 4 rings (SSSR count). The maximum absolute atomic E-state index is 13.2. The average Bonchev–Trinajstić information content (AvgIpc) is 2.84. The number of carbonyl (C=O) groups excluding carboxylic acids is 1. The minimum absolute atomic E-state index is 0.0704. The second-order valence-electron chi connectivity index (χ2n) is 8.32. The van der Waals surface area contributed by atoms with Crippen molar-refractivity contribution in [2.45, 2.75) is 18.9 Å². The van der Waals surface area contributed by atoms with E-state index in [9.17, 15) is 4.79 Å². The Balaban J connectivity index is 1.58. The molecule has 1 saturated heterocycles. The molecule has 1 N–H and O–H groups in total. The Morgan fingerprint density at radius 1 is 1.09 bits per heavy atom. The lowest BCUT2D eigenvalue weighted by Gasteiger charge is -2.36. The first-order valence-corrected chi connectivity index (χ1v) is 11.3. The molecule has 7 heteroatoms. The molecule has 1 amide bonds. The van der Waals surface area contributed by atoms with Crippen LogP contribution in [-0.4, -0.2) is 71.5 Å². The highest BCUT2D eigenvalue weighted by Gasteiger charge is 2.26. The van der Waals surface area contributed by atoms with Crippen molar-refractivity contribution < 1.29 is 19.0 Å². The third kappa shape index (κ3) is 4.69. The van der Waals surface area contributed by atoms with Crippen LogP contribution in [0.1, 0.15) is 33.9 Å². The van der Waals surface area contributed by atoms with Crippen molar-refractivity contribution >= 4 is 11.6 Å². The van der Waals surface area contributed by atoms with Crippen molar-refractivity contribution in [3.8, 4) is 11.5 Å². The van der Waals surface area contributed by atoms with E-state index in [0.717, 1.165) is 26.1 Å². The van der Waals surface area contributed by atoms with Gasteiger partial charge in [-0.25, -0.2) is 0 Å². The van der Waals surface area contributed by atoms with Gasteiger partial charge in [0, 0.05) is 38.9 Å². The topological polar surface area (TPSA) is 63.3 Å². The number of amides is 1. The number of nitrogens with zero attached hydrogens (tertiary/aromatic N) is 2. The second kappa shape index (κ2) is 10.2. The molecule has 2 heterocycles. The zero-order valence-electron chi connectivity index (χ0n) is 19.2. The van der Waals surface area contributed by atoms with Crippen molar-refractivity contribution in [1.82, 2.24) is 10.2 Å². The summed E-state index contributed by atoms with van der Waals surface area (Å²) in [5, 5.41) is 3.14. The van der Waals surface area contributed by atoms with Crippen LogP contribution in [-0.2, 0) is 11.2 Å². The molecule has 0 saturated carbocycles. The molecular weight excluding hydrogens is 406 g/mol. The normalized spacial score (nSPS) is 17.4. The molecule has 0 aliphatic carbocycles. The Morgan fingerprint density at radius 2 is 1.81 bits per heavy atom. The van der Waals surface area contributed by atoms with Gasteiger partial charge in [-0.1, -0.05) is 18.2 Å². The maximum atomic E-state index is 13.2. The Labute approximate surface area is 190 Å². The molecule has 1 atom stereocenters. The molecule has 0 radical (unpaired) electrons. The molecule has 32 heavy (non-hydrogen) atoms. The van der Waals surface area contributed by atoms with Gasteiger partial charge in [0.25, 0.3) is 5.91 Å². The molecule has 0 aromatic heterocycles. The van der Waals surface area contributed by atoms with Crippen LogP contribution in [0, 0.1) is 0 Å². The van der Waals surface area contributed by atoms with Crippen molar-refractivity contribution in [2.24, 2.45) is 0 Å². The lowest BCUT2D eigenvalue weighted by molar-refractivity contribution is 0.0162. The number of hydrogen-bond acceptors (Lipinski definition) is 6. The van der Waals surface area contributed by atoms with Crippen molar-refractivity contribution in [2.75, 3.05) is 65.6 Å². The predicted octanol–water partition coefficient (Wildman–Crippen LogP) is 2.89. The number of carbonyl (C=O) groups is 1. The Kier molecular flexibility index (Phi) is 7.17. The fourth-order valence-electron chi connectivity index (χ4n) is 4.71. The fourth-order valence-corrected chi connectivity index (χ4v) is 4.71. The van der Waals surface area contributed by atoms with Gasteiger partial charge in [-0.3, -0.25) is 9.69 Å². The van der Waals surface area contributed by atoms with E-state index in [1.807, 2.05) is 6.07 Å². The van der Waals surface area contributed by atoms with Gasteiger partial charge in [-0.05, 0) is 42.2 Å². The number of hydrogen-bond donors (Lipinski definition) is 1. The van der Waals surface area contributed by atoms with Crippen LogP contribution in [0.4, 0.5) is 5.69 Å². The van der Waals surface area contributed by atoms with E-state index >= 15 is 0 Å². The van der Waals surface area contributed by atoms with E-state index in [0.29, 0.717) is 36.8 Å². The third-order valence-electron chi connectivity index (χ3n) is 6.44. The standard InChI is InChI=1S/C25H33N3O4/c1-27-11-5-6-18-16-19(9-10-20(18)27)21(28-12-14-32-15-13-28)17-26-25(29)24-22(30-2)7-4-8-23(24)31-3/h4,7-10,16,21H,5-6,11-15,17H2,1-3H3,(H,26,29)/t21-/m0/s1. The first-order chi connectivity index (χ1) is 15.6. The number of morpholine rings is 1. The minimum Gasteiger partial charge on any atom is -0.496 e. The summed E-state index contributed by atoms with van der Waals surface area (Å²) >= 11 is 0. The van der Waals surface area contributed by atoms with Gasteiger partial charge in [-0.2, -0.15) is 0 Å². The first kappa shape index (κ1) is 22.4. The molecule has 2 aliphatic heterocycles. The van der Waals surface area contributed by atoms with Crippen LogP contribution in [0.3, 0.4) is 0 Å². The fraction of sp³-hybridized carbons (Fsp3) is 0.480. The van der Waals surface area contributed by atoms with Crippen molar-refractivity contribution in [1.29, 1.82) is 0 Å². The monoisotopic (exact) mass is 439 g/mol. The number of methoxy groups -OCH3 is 2. The summed E-state index contributed by atoms with van der Waals surface area (Å²) in [5.74, 6) is 0.804. The Bertz CT molecular complexity index is 921. The number of benzene rings is 2. The number of ether oxygens (including phenoxy) is 3. The molecule has 2 aliphatic rings. The predicted molar refractivity (Wildman–Crippen MR) is 125 cm³/mol. The lowest BCUT2D eigenvalue weighted by Crippen LogP contribution is -2.44. The molecule has 7 nitrogen and oxygen atoms in total. The number of aryl methyl sites for hydroxylation is 1. The quantitative estimate of drug-likeness (QED) is 0.716. The van der Waals surface area contributed by atoms with Crippen molar-refractivity contribution in [3.05, 3.63) is 53.1 Å². The van der Waals surface area contributed by atoms with Gasteiger partial charge in [0.1, 0.15) is 17.1 Å². The van der Waals surface area contributed by atoms with Gasteiger partial charge in [0.2, 0.25) is 0 Å². The molecule has 0 unspecified atom stereocenters. The van der Waals surface area contributed by atoms with Gasteiger partial charge >= 0.3 is 0 Å². The van der Waals surface area contributed by atoms with Crippen LogP contribution in [0.25, 0.3) is 0 Å². The van der Waals surface area contributed by atoms with E-state index < -0.39 is 0 Å². The van der Waals surface area contributed by atoms with Gasteiger partial charge in [0.05, 0.1) is 33.5 Å². The number of fused-ring (bicyclic) bond motifs is 1. The number of nitrogens with one attached hydrogen (secondary N) is 1. The third-order valence-corrected chi connectivity index (χ3v) is 6.44. The van der Waals surface area contributed by atoms with Crippen LogP contribution in [0.5, 0.6) is 11.5 Å². The van der Waals surface area contributed by atoms with Crippen LogP contribution in [0.15, 0.2) is 36.4 Å². The lowest BCUT2D eigenvalue weighted by atomic mass is 9.95. The smallest absolute Gasteiger partial charge is 0.258 e. The molecule has 2 aromatic rings. The van der Waals surface area contributed by atoms with E-state index in [-0.39, 0.29) is 11.9 Å². The summed E-state index contributed by atoms with van der Waals surface area (Å²) in [7, 11) is 5.27. The summed E-state index contributed by atoms with van der Waals surface area (Å²) in [6, 6.07) is 12.2.